The van der Waals surface area contributed by atoms with E-state index in [2.05, 4.69) is 13.8 Å². The largest absolute Gasteiger partial charge is 0.457 e. The fourth-order valence-electron chi connectivity index (χ4n) is 6.63. The second kappa shape index (κ2) is 38.6. The number of hydrogen-bond donors (Lipinski definition) is 4. The van der Waals surface area contributed by atoms with Crippen molar-refractivity contribution >= 4 is 19.7 Å². The summed E-state index contributed by atoms with van der Waals surface area (Å²) in [5.74, 6) is -3.45. The van der Waals surface area contributed by atoms with Crippen LogP contribution in [-0.2, 0) is 23.8 Å². The Bertz CT molecular complexity index is 777. The number of carbonyl (C=O) groups excluding carboxylic acids is 2. The van der Waals surface area contributed by atoms with E-state index >= 15 is 0 Å². The molecule has 10 heteroatoms. The summed E-state index contributed by atoms with van der Waals surface area (Å²) in [5.41, 5.74) is 0. The van der Waals surface area contributed by atoms with Gasteiger partial charge in [-0.2, -0.15) is 14.7 Å². The fraction of sp³-hybridized carbons (Fsp3) is 0.952. The summed E-state index contributed by atoms with van der Waals surface area (Å²) in [4.78, 5) is 53.5. The maximum Gasteiger partial charge on any atom is 0.443 e. The van der Waals surface area contributed by atoms with Gasteiger partial charge in [0.1, 0.15) is 12.7 Å². The zero-order chi connectivity index (χ0) is 38.4. The zero-order valence-corrected chi connectivity index (χ0v) is 34.8. The van der Waals surface area contributed by atoms with Gasteiger partial charge in [0.25, 0.3) is 0 Å². The molecule has 0 aliphatic rings. The monoisotopic (exact) mass is 764 g/mol. The van der Waals surface area contributed by atoms with Crippen LogP contribution in [0.2, 0.25) is 0 Å². The highest BCUT2D eigenvalue weighted by Gasteiger charge is 2.49. The predicted octanol–water partition coefficient (Wildman–Crippen LogP) is 11.1. The van der Waals surface area contributed by atoms with Gasteiger partial charge in [-0.1, -0.05) is 200 Å². The second-order valence-electron chi connectivity index (χ2n) is 15.1. The summed E-state index contributed by atoms with van der Waals surface area (Å²) in [6.45, 7) is 3.64. The Morgan fingerprint density at radius 1 is 0.500 bits per heavy atom. The number of rotatable bonds is 42. The van der Waals surface area contributed by atoms with Gasteiger partial charge in [-0.3, -0.25) is 9.59 Å². The van der Waals surface area contributed by atoms with Gasteiger partial charge in [-0.15, -0.1) is 0 Å². The molecule has 0 spiro atoms. The molecule has 0 amide bonds. The second-order valence-corrected chi connectivity index (χ2v) is 16.8. The summed E-state index contributed by atoms with van der Waals surface area (Å²) >= 11 is 0. The molecule has 0 bridgehead atoms. The van der Waals surface area contributed by atoms with Gasteiger partial charge in [0.15, 0.2) is 0 Å². The Morgan fingerprint density at radius 2 is 0.846 bits per heavy atom. The predicted molar refractivity (Wildman–Crippen MR) is 215 cm³/mol. The van der Waals surface area contributed by atoms with E-state index in [1.54, 1.807) is 0 Å². The minimum Gasteiger partial charge on any atom is -0.457 e. The van der Waals surface area contributed by atoms with Crippen LogP contribution in [0.1, 0.15) is 219 Å². The van der Waals surface area contributed by atoms with E-state index in [1.807, 2.05) is 0 Å². The summed E-state index contributed by atoms with van der Waals surface area (Å²) in [6.07, 6.45) is 38.6. The molecule has 1 unspecified atom stereocenters. The first kappa shape index (κ1) is 51.3. The lowest BCUT2D eigenvalue weighted by atomic mass is 10.0. The van der Waals surface area contributed by atoms with E-state index in [0.717, 1.165) is 32.1 Å². The Morgan fingerprint density at radius 3 is 1.19 bits per heavy atom. The molecule has 0 rings (SSSR count). The van der Waals surface area contributed by atoms with Gasteiger partial charge in [0.2, 0.25) is 5.78 Å². The average Bonchev–Trinajstić information content (AvgIpc) is 3.11. The molecule has 0 aromatic heterocycles. The van der Waals surface area contributed by atoms with Crippen molar-refractivity contribution in [3.05, 3.63) is 0 Å². The number of ether oxygens (including phenoxy) is 3. The molecule has 0 fully saturated rings. The highest BCUT2D eigenvalue weighted by molar-refractivity contribution is 7.60. The lowest BCUT2D eigenvalue weighted by Gasteiger charge is -2.21. The molecule has 9 nitrogen and oxygen atoms in total. The third kappa shape index (κ3) is 35.1. The molecular weight excluding hydrogens is 679 g/mol. The van der Waals surface area contributed by atoms with Crippen molar-refractivity contribution in [2.45, 2.75) is 231 Å². The standard InChI is InChI=1S/C42H84O9P/c1-3-5-7-9-11-13-15-17-19-21-23-25-27-29-31-33-35-49-37-39(38-50-42(40(44)36-43)52(46,47)48)51-41(45)34-32-30-28-26-24-22-20-18-16-14-12-10-8-6-4-2/h39,42-43,46-48H,3-38H2,1-2H3/q+1/t39-,42?/m1/s1. The number of aliphatic hydroxyl groups is 1. The smallest absolute Gasteiger partial charge is 0.443 e. The van der Waals surface area contributed by atoms with Crippen LogP contribution < -0.4 is 0 Å². The first-order valence-corrected chi connectivity index (χ1v) is 23.6. The van der Waals surface area contributed by atoms with E-state index in [0.29, 0.717) is 13.0 Å². The first-order chi connectivity index (χ1) is 25.3. The Kier molecular flexibility index (Phi) is 38.1. The van der Waals surface area contributed by atoms with Gasteiger partial charge in [0, 0.05) is 13.0 Å². The van der Waals surface area contributed by atoms with Gasteiger partial charge >= 0.3 is 19.8 Å². The van der Waals surface area contributed by atoms with E-state index < -0.39 is 38.3 Å². The van der Waals surface area contributed by atoms with Gasteiger partial charge in [-0.05, 0) is 12.8 Å². The number of unbranched alkanes of at least 4 members (excludes halogenated alkanes) is 29. The number of ketones is 1. The number of Topliss-reactive ketones (excluding diaryl/α,β-unsaturated/α-hetero) is 1. The van der Waals surface area contributed by atoms with Crippen LogP contribution in [-0.4, -0.2) is 69.9 Å². The van der Waals surface area contributed by atoms with Crippen molar-refractivity contribution in [2.75, 3.05) is 26.4 Å². The molecule has 310 valence electrons. The molecule has 0 aliphatic carbocycles. The summed E-state index contributed by atoms with van der Waals surface area (Å²) < 4.78 is 16.6. The molecule has 0 aromatic rings. The van der Waals surface area contributed by atoms with Crippen molar-refractivity contribution in [3.8, 4) is 0 Å². The van der Waals surface area contributed by atoms with Crippen molar-refractivity contribution in [1.82, 2.24) is 0 Å². The maximum atomic E-state index is 12.6. The van der Waals surface area contributed by atoms with Crippen LogP contribution in [0.4, 0.5) is 0 Å². The number of aliphatic hydroxyl groups excluding tert-OH is 1. The number of esters is 1. The van der Waals surface area contributed by atoms with Crippen LogP contribution in [0.25, 0.3) is 0 Å². The van der Waals surface area contributed by atoms with Crippen LogP contribution in [0.5, 0.6) is 0 Å². The quantitative estimate of drug-likeness (QED) is 0.0271. The average molecular weight is 764 g/mol. The fourth-order valence-corrected chi connectivity index (χ4v) is 7.39. The summed E-state index contributed by atoms with van der Waals surface area (Å²) in [7, 11) is -4.71. The Hall–Kier alpha value is -0.670. The molecule has 0 aromatic carbocycles. The highest BCUT2D eigenvalue weighted by atomic mass is 31.2. The molecule has 0 radical (unpaired) electrons. The van der Waals surface area contributed by atoms with Crippen molar-refractivity contribution in [1.29, 1.82) is 0 Å². The summed E-state index contributed by atoms with van der Waals surface area (Å²) in [6, 6.07) is 0. The lowest BCUT2D eigenvalue weighted by Crippen LogP contribution is -2.35. The highest BCUT2D eigenvalue weighted by Crippen LogP contribution is 2.51. The third-order valence-electron chi connectivity index (χ3n) is 9.91. The van der Waals surface area contributed by atoms with Gasteiger partial charge < -0.3 is 19.3 Å². The minimum absolute atomic E-state index is 0.0249. The van der Waals surface area contributed by atoms with Crippen LogP contribution >= 0.6 is 7.94 Å². The van der Waals surface area contributed by atoms with Gasteiger partial charge in [0.05, 0.1) is 13.2 Å². The topological polar surface area (TPSA) is 143 Å². The van der Waals surface area contributed by atoms with E-state index in [4.69, 9.17) is 19.3 Å². The minimum atomic E-state index is -4.71. The summed E-state index contributed by atoms with van der Waals surface area (Å²) in [5, 5.41) is 9.16. The molecular formula is C42H84O9P+. The van der Waals surface area contributed by atoms with Crippen LogP contribution in [0.15, 0.2) is 0 Å². The molecule has 0 saturated heterocycles. The maximum absolute atomic E-state index is 12.6. The first-order valence-electron chi connectivity index (χ1n) is 21.9. The molecule has 0 heterocycles. The normalized spacial score (nSPS) is 13.0. The van der Waals surface area contributed by atoms with E-state index in [-0.39, 0.29) is 19.6 Å². The third-order valence-corrected chi connectivity index (χ3v) is 11.0. The van der Waals surface area contributed by atoms with Crippen molar-refractivity contribution in [3.63, 3.8) is 0 Å². The van der Waals surface area contributed by atoms with Crippen molar-refractivity contribution in [2.24, 2.45) is 0 Å². The number of hydrogen-bond acceptors (Lipinski definition) is 9. The Balaban J connectivity index is 4.18. The number of carbonyl (C=O) groups is 2. The van der Waals surface area contributed by atoms with E-state index in [1.165, 1.54) is 161 Å². The van der Waals surface area contributed by atoms with Gasteiger partial charge in [-0.25, -0.2) is 0 Å². The molecule has 0 aliphatic heterocycles. The molecule has 4 N–H and O–H groups in total. The van der Waals surface area contributed by atoms with E-state index in [9.17, 15) is 24.3 Å². The van der Waals surface area contributed by atoms with Crippen molar-refractivity contribution < 1.29 is 43.6 Å². The molecule has 0 saturated carbocycles. The lowest BCUT2D eigenvalue weighted by molar-refractivity contribution is -0.158. The van der Waals surface area contributed by atoms with Crippen LogP contribution in [0.3, 0.4) is 0 Å². The SMILES string of the molecule is CCCCCCCCCCCCCCCCCCOC[C@H](COC(C(=O)CO)[P+](O)(O)O)OC(=O)CCCCCCCCCCCCCCCCC. The van der Waals surface area contributed by atoms with Crippen LogP contribution in [0, 0.1) is 0 Å². The molecule has 2 atom stereocenters. The zero-order valence-electron chi connectivity index (χ0n) is 33.9. The molecule has 52 heavy (non-hydrogen) atoms. The Labute approximate surface area is 320 Å².